The van der Waals surface area contributed by atoms with Crippen molar-refractivity contribution in [1.29, 1.82) is 0 Å². The molecule has 1 radical (unpaired) electrons. The molecule has 0 amide bonds. The van der Waals surface area contributed by atoms with Crippen molar-refractivity contribution < 1.29 is 0 Å². The molecule has 0 atom stereocenters. The molecule has 0 aliphatic rings. The number of halogens is 3. The SMILES string of the molecule is N[N]c1c(Cl)cc(Cl)cc1Cl. The maximum absolute atomic E-state index is 5.69. The molecule has 59 valence electrons. The van der Waals surface area contributed by atoms with E-state index in [0.717, 1.165) is 0 Å². The van der Waals surface area contributed by atoms with Gasteiger partial charge in [-0.25, -0.2) is 11.3 Å². The highest BCUT2D eigenvalue weighted by Gasteiger charge is 2.06. The largest absolute Gasteiger partial charge is 0.227 e. The third-order valence-corrected chi connectivity index (χ3v) is 1.91. The van der Waals surface area contributed by atoms with Crippen molar-refractivity contribution in [3.8, 4) is 0 Å². The minimum atomic E-state index is 0.352. The average molecular weight is 210 g/mol. The van der Waals surface area contributed by atoms with E-state index < -0.39 is 0 Å². The van der Waals surface area contributed by atoms with Crippen LogP contribution in [0.3, 0.4) is 0 Å². The van der Waals surface area contributed by atoms with Gasteiger partial charge in [-0.2, -0.15) is 0 Å². The lowest BCUT2D eigenvalue weighted by molar-refractivity contribution is 0.959. The standard InChI is InChI=1S/C6H4Cl3N2/c7-3-1-4(8)6(11-10)5(9)2-3/h1-2H,10H2. The fraction of sp³-hybridized carbons (Fsp3) is 0. The Morgan fingerprint density at radius 1 is 1.09 bits per heavy atom. The van der Waals surface area contributed by atoms with Crippen LogP contribution in [0.2, 0.25) is 15.1 Å². The van der Waals surface area contributed by atoms with Crippen molar-refractivity contribution in [3.05, 3.63) is 27.2 Å². The molecule has 1 rings (SSSR count). The van der Waals surface area contributed by atoms with Gasteiger partial charge in [-0.15, -0.1) is 0 Å². The Balaban J connectivity index is 3.25. The van der Waals surface area contributed by atoms with Crippen molar-refractivity contribution in [3.63, 3.8) is 0 Å². The summed E-state index contributed by atoms with van der Waals surface area (Å²) in [4.78, 5) is 0. The normalized spacial score (nSPS) is 9.82. The summed E-state index contributed by atoms with van der Waals surface area (Å²) in [5, 5.41) is 1.17. The zero-order chi connectivity index (χ0) is 8.43. The molecule has 0 aliphatic carbocycles. The van der Waals surface area contributed by atoms with E-state index >= 15 is 0 Å². The Bertz CT molecular complexity index is 252. The second-order valence-electron chi connectivity index (χ2n) is 1.85. The van der Waals surface area contributed by atoms with Gasteiger partial charge in [-0.05, 0) is 12.1 Å². The number of nitrogens with zero attached hydrogens (tertiary/aromatic N) is 1. The van der Waals surface area contributed by atoms with E-state index in [9.17, 15) is 0 Å². The second kappa shape index (κ2) is 3.50. The first-order chi connectivity index (χ1) is 5.15. The van der Waals surface area contributed by atoms with Crippen LogP contribution in [0.1, 0.15) is 0 Å². The van der Waals surface area contributed by atoms with Gasteiger partial charge in [0, 0.05) is 5.02 Å². The molecule has 0 bridgehead atoms. The Morgan fingerprint density at radius 3 is 1.91 bits per heavy atom. The fourth-order valence-electron chi connectivity index (χ4n) is 0.658. The summed E-state index contributed by atoms with van der Waals surface area (Å²) in [5.74, 6) is 5.01. The first kappa shape index (κ1) is 8.94. The van der Waals surface area contributed by atoms with Crippen LogP contribution in [-0.4, -0.2) is 0 Å². The van der Waals surface area contributed by atoms with E-state index in [0.29, 0.717) is 20.8 Å². The highest BCUT2D eigenvalue weighted by molar-refractivity contribution is 6.41. The van der Waals surface area contributed by atoms with Crippen molar-refractivity contribution in [2.75, 3.05) is 0 Å². The minimum absolute atomic E-state index is 0.352. The Hall–Kier alpha value is -0.150. The quantitative estimate of drug-likeness (QED) is 0.562. The molecular formula is C6H4Cl3N2. The lowest BCUT2D eigenvalue weighted by atomic mass is 10.3. The van der Waals surface area contributed by atoms with Crippen LogP contribution in [0.4, 0.5) is 5.69 Å². The zero-order valence-corrected chi connectivity index (χ0v) is 7.58. The molecule has 0 heterocycles. The molecule has 0 aliphatic heterocycles. The van der Waals surface area contributed by atoms with Crippen LogP contribution < -0.4 is 11.3 Å². The molecule has 0 saturated heterocycles. The molecule has 0 aromatic heterocycles. The highest BCUT2D eigenvalue weighted by Crippen LogP contribution is 2.32. The van der Waals surface area contributed by atoms with Gasteiger partial charge < -0.3 is 0 Å². The van der Waals surface area contributed by atoms with Gasteiger partial charge in [-0.3, -0.25) is 0 Å². The van der Waals surface area contributed by atoms with E-state index in [1.54, 1.807) is 0 Å². The van der Waals surface area contributed by atoms with E-state index in [2.05, 4.69) is 5.43 Å². The van der Waals surface area contributed by atoms with Crippen molar-refractivity contribution in [2.45, 2.75) is 0 Å². The molecule has 0 fully saturated rings. The molecule has 5 heteroatoms. The van der Waals surface area contributed by atoms with E-state index in [1.165, 1.54) is 12.1 Å². The maximum atomic E-state index is 5.69. The minimum Gasteiger partial charge on any atom is -0.227 e. The molecule has 2 N–H and O–H groups in total. The van der Waals surface area contributed by atoms with Crippen molar-refractivity contribution in [1.82, 2.24) is 5.43 Å². The number of rotatable bonds is 1. The Labute approximate surface area is 79.2 Å². The average Bonchev–Trinajstić information content (AvgIpc) is 1.85. The molecule has 1 aromatic carbocycles. The third kappa shape index (κ3) is 1.91. The number of benzene rings is 1. The second-order valence-corrected chi connectivity index (χ2v) is 3.10. The summed E-state index contributed by atoms with van der Waals surface area (Å²) in [6, 6.07) is 3.06. The van der Waals surface area contributed by atoms with Gasteiger partial charge in [0.15, 0.2) is 0 Å². The van der Waals surface area contributed by atoms with Crippen LogP contribution in [0.25, 0.3) is 0 Å². The zero-order valence-electron chi connectivity index (χ0n) is 5.31. The van der Waals surface area contributed by atoms with Crippen LogP contribution in [0, 0.1) is 0 Å². The molecule has 0 unspecified atom stereocenters. The molecule has 2 nitrogen and oxygen atoms in total. The lowest BCUT2D eigenvalue weighted by Gasteiger charge is -2.02. The molecule has 1 aromatic rings. The monoisotopic (exact) mass is 209 g/mol. The first-order valence-corrected chi connectivity index (χ1v) is 3.84. The van der Waals surface area contributed by atoms with Gasteiger partial charge in [0.2, 0.25) is 0 Å². The first-order valence-electron chi connectivity index (χ1n) is 2.70. The van der Waals surface area contributed by atoms with Gasteiger partial charge in [-0.1, -0.05) is 34.8 Å². The predicted molar refractivity (Wildman–Crippen MR) is 47.5 cm³/mol. The van der Waals surface area contributed by atoms with E-state index in [-0.39, 0.29) is 0 Å². The highest BCUT2D eigenvalue weighted by atomic mass is 35.5. The van der Waals surface area contributed by atoms with Crippen LogP contribution in [-0.2, 0) is 0 Å². The topological polar surface area (TPSA) is 40.1 Å². The summed E-state index contributed by atoms with van der Waals surface area (Å²) in [6.45, 7) is 0. The summed E-state index contributed by atoms with van der Waals surface area (Å²) in [6.07, 6.45) is 0. The summed E-state index contributed by atoms with van der Waals surface area (Å²) >= 11 is 17.0. The lowest BCUT2D eigenvalue weighted by Crippen LogP contribution is -2.06. The molecular weight excluding hydrogens is 206 g/mol. The van der Waals surface area contributed by atoms with Crippen LogP contribution in [0.15, 0.2) is 12.1 Å². The van der Waals surface area contributed by atoms with Crippen LogP contribution >= 0.6 is 34.8 Å². The van der Waals surface area contributed by atoms with Gasteiger partial charge in [0.1, 0.15) is 5.69 Å². The predicted octanol–water partition coefficient (Wildman–Crippen LogP) is 2.76. The van der Waals surface area contributed by atoms with Gasteiger partial charge in [0.05, 0.1) is 10.0 Å². The number of nitrogens with two attached hydrogens (primary N) is 1. The maximum Gasteiger partial charge on any atom is 0.114 e. The Kier molecular flexibility index (Phi) is 2.84. The number of hydrogen-bond donors (Lipinski definition) is 1. The van der Waals surface area contributed by atoms with Gasteiger partial charge in [0.25, 0.3) is 0 Å². The number of hydrogen-bond acceptors (Lipinski definition) is 1. The summed E-state index contributed by atoms with van der Waals surface area (Å²) < 4.78 is 0. The van der Waals surface area contributed by atoms with Crippen molar-refractivity contribution >= 4 is 40.5 Å². The van der Waals surface area contributed by atoms with Crippen molar-refractivity contribution in [2.24, 2.45) is 5.84 Å². The summed E-state index contributed by atoms with van der Waals surface area (Å²) in [7, 11) is 0. The molecule has 0 spiro atoms. The summed E-state index contributed by atoms with van der Waals surface area (Å²) in [5.41, 5.74) is 3.75. The van der Waals surface area contributed by atoms with E-state index in [1.807, 2.05) is 0 Å². The van der Waals surface area contributed by atoms with E-state index in [4.69, 9.17) is 40.6 Å². The Morgan fingerprint density at radius 2 is 1.55 bits per heavy atom. The fourth-order valence-corrected chi connectivity index (χ4v) is 1.57. The molecule has 0 saturated carbocycles. The third-order valence-electron chi connectivity index (χ3n) is 1.11. The van der Waals surface area contributed by atoms with Crippen LogP contribution in [0.5, 0.6) is 0 Å². The smallest absolute Gasteiger partial charge is 0.114 e. The van der Waals surface area contributed by atoms with Gasteiger partial charge >= 0.3 is 0 Å². The molecule has 11 heavy (non-hydrogen) atoms.